The zero-order chi connectivity index (χ0) is 15.3. The first-order chi connectivity index (χ1) is 10.1. The Balaban J connectivity index is 2.06. The lowest BCUT2D eigenvalue weighted by Gasteiger charge is -2.39. The minimum atomic E-state index is -0.168. The molecule has 0 radical (unpaired) electrons. The van der Waals surface area contributed by atoms with E-state index in [0.29, 0.717) is 23.8 Å². The topological polar surface area (TPSA) is 65.3 Å². The van der Waals surface area contributed by atoms with E-state index >= 15 is 0 Å². The highest BCUT2D eigenvalue weighted by molar-refractivity contribution is 5.45. The molecular formula is C17H24N2O2. The van der Waals surface area contributed by atoms with Crippen LogP contribution >= 0.6 is 0 Å². The lowest BCUT2D eigenvalue weighted by atomic mass is 9.77. The molecule has 2 unspecified atom stereocenters. The van der Waals surface area contributed by atoms with Crippen LogP contribution in [0.3, 0.4) is 0 Å². The summed E-state index contributed by atoms with van der Waals surface area (Å²) in [6.45, 7) is 3.09. The molecule has 2 N–H and O–H groups in total. The van der Waals surface area contributed by atoms with E-state index in [1.54, 1.807) is 13.2 Å². The van der Waals surface area contributed by atoms with E-state index in [1.165, 1.54) is 6.42 Å². The van der Waals surface area contributed by atoms with Crippen molar-refractivity contribution in [3.05, 3.63) is 29.3 Å². The molecule has 0 spiro atoms. The molecule has 0 aromatic heterocycles. The maximum atomic E-state index is 9.79. The molecule has 0 aliphatic heterocycles. The summed E-state index contributed by atoms with van der Waals surface area (Å²) in [5.41, 5.74) is 1.44. The lowest BCUT2D eigenvalue weighted by molar-refractivity contribution is 0.0982. The van der Waals surface area contributed by atoms with Gasteiger partial charge in [-0.3, -0.25) is 0 Å². The summed E-state index contributed by atoms with van der Waals surface area (Å²) in [6, 6.07) is 7.73. The number of benzene rings is 1. The number of ether oxygens (including phenoxy) is 1. The molecule has 0 heterocycles. The Kier molecular flexibility index (Phi) is 5.22. The molecule has 2 atom stereocenters. The van der Waals surface area contributed by atoms with Crippen molar-refractivity contribution in [2.24, 2.45) is 5.92 Å². The molecule has 1 fully saturated rings. The smallest absolute Gasteiger partial charge is 0.136 e. The predicted octanol–water partition coefficient (Wildman–Crippen LogP) is 2.60. The molecule has 1 aromatic carbocycles. The average molecular weight is 288 g/mol. The molecule has 4 nitrogen and oxygen atoms in total. The van der Waals surface area contributed by atoms with Gasteiger partial charge >= 0.3 is 0 Å². The fraction of sp³-hybridized carbons (Fsp3) is 0.588. The molecule has 0 bridgehead atoms. The molecular weight excluding hydrogens is 264 g/mol. The lowest BCUT2D eigenvalue weighted by Crippen LogP contribution is -2.51. The summed E-state index contributed by atoms with van der Waals surface area (Å²) < 4.78 is 5.24. The summed E-state index contributed by atoms with van der Waals surface area (Å²) in [5.74, 6) is 1.25. The van der Waals surface area contributed by atoms with Gasteiger partial charge in [-0.05, 0) is 36.5 Å². The van der Waals surface area contributed by atoms with Crippen LogP contribution in [0.25, 0.3) is 0 Å². The number of hydrogen-bond acceptors (Lipinski definition) is 4. The van der Waals surface area contributed by atoms with Crippen molar-refractivity contribution in [2.75, 3.05) is 13.7 Å². The second-order valence-electron chi connectivity index (χ2n) is 6.14. The van der Waals surface area contributed by atoms with Crippen LogP contribution in [-0.2, 0) is 6.54 Å². The van der Waals surface area contributed by atoms with E-state index in [4.69, 9.17) is 10.00 Å². The van der Waals surface area contributed by atoms with Crippen LogP contribution in [0.2, 0.25) is 0 Å². The van der Waals surface area contributed by atoms with Gasteiger partial charge in [0.2, 0.25) is 0 Å². The first-order valence-corrected chi connectivity index (χ1v) is 7.55. The molecule has 1 aliphatic carbocycles. The molecule has 0 amide bonds. The third-order valence-electron chi connectivity index (χ3n) is 4.45. The van der Waals surface area contributed by atoms with Crippen LogP contribution in [0.5, 0.6) is 5.75 Å². The summed E-state index contributed by atoms with van der Waals surface area (Å²) in [4.78, 5) is 0. The van der Waals surface area contributed by atoms with Crippen molar-refractivity contribution in [1.82, 2.24) is 5.32 Å². The second-order valence-corrected chi connectivity index (χ2v) is 6.14. The zero-order valence-corrected chi connectivity index (χ0v) is 12.9. The number of aliphatic hydroxyl groups excluding tert-OH is 1. The van der Waals surface area contributed by atoms with Gasteiger partial charge in [0.05, 0.1) is 19.3 Å². The Hall–Kier alpha value is -1.57. The normalized spacial score (nSPS) is 25.3. The third kappa shape index (κ3) is 3.75. The van der Waals surface area contributed by atoms with Gasteiger partial charge in [0.15, 0.2) is 0 Å². The number of nitrogens with zero attached hydrogens (tertiary/aromatic N) is 1. The SMILES string of the molecule is COc1cc(CNC2(CO)CCCC(C)C2)ccc1C#N. The fourth-order valence-electron chi connectivity index (χ4n) is 3.25. The van der Waals surface area contributed by atoms with E-state index in [2.05, 4.69) is 18.3 Å². The number of nitriles is 1. The summed E-state index contributed by atoms with van der Waals surface area (Å²) in [6.07, 6.45) is 4.43. The van der Waals surface area contributed by atoms with Gasteiger partial charge in [0, 0.05) is 12.1 Å². The largest absolute Gasteiger partial charge is 0.495 e. The van der Waals surface area contributed by atoms with Gasteiger partial charge in [-0.15, -0.1) is 0 Å². The van der Waals surface area contributed by atoms with Gasteiger partial charge < -0.3 is 15.2 Å². The van der Waals surface area contributed by atoms with Crippen molar-refractivity contribution < 1.29 is 9.84 Å². The molecule has 0 saturated heterocycles. The van der Waals surface area contributed by atoms with Crippen molar-refractivity contribution >= 4 is 0 Å². The molecule has 4 heteroatoms. The third-order valence-corrected chi connectivity index (χ3v) is 4.45. The van der Waals surface area contributed by atoms with Gasteiger partial charge in [-0.25, -0.2) is 0 Å². The Morgan fingerprint density at radius 2 is 2.33 bits per heavy atom. The van der Waals surface area contributed by atoms with Crippen molar-refractivity contribution in [3.63, 3.8) is 0 Å². The Morgan fingerprint density at radius 3 is 2.95 bits per heavy atom. The molecule has 1 aliphatic rings. The molecule has 21 heavy (non-hydrogen) atoms. The molecule has 1 saturated carbocycles. The van der Waals surface area contributed by atoms with E-state index in [9.17, 15) is 5.11 Å². The Bertz CT molecular complexity index is 524. The minimum absolute atomic E-state index is 0.168. The number of aliphatic hydroxyl groups is 1. The number of methoxy groups -OCH3 is 1. The zero-order valence-electron chi connectivity index (χ0n) is 12.9. The van der Waals surface area contributed by atoms with E-state index < -0.39 is 0 Å². The highest BCUT2D eigenvalue weighted by Gasteiger charge is 2.33. The monoisotopic (exact) mass is 288 g/mol. The first-order valence-electron chi connectivity index (χ1n) is 7.55. The number of hydrogen-bond donors (Lipinski definition) is 2. The Morgan fingerprint density at radius 1 is 1.52 bits per heavy atom. The molecule has 114 valence electrons. The van der Waals surface area contributed by atoms with E-state index in [-0.39, 0.29) is 12.1 Å². The summed E-state index contributed by atoms with van der Waals surface area (Å²) >= 11 is 0. The van der Waals surface area contributed by atoms with Crippen LogP contribution in [0.1, 0.15) is 43.7 Å². The standard InChI is InChI=1S/C17H24N2O2/c1-13-4-3-7-17(9-13,12-20)19-11-14-5-6-15(10-18)16(8-14)21-2/h5-6,8,13,19-20H,3-4,7,9,11-12H2,1-2H3. The van der Waals surface area contributed by atoms with Crippen LogP contribution in [-0.4, -0.2) is 24.4 Å². The summed E-state index contributed by atoms with van der Waals surface area (Å²) in [7, 11) is 1.57. The van der Waals surface area contributed by atoms with Crippen LogP contribution in [0.15, 0.2) is 18.2 Å². The highest BCUT2D eigenvalue weighted by atomic mass is 16.5. The van der Waals surface area contributed by atoms with Crippen LogP contribution in [0.4, 0.5) is 0 Å². The van der Waals surface area contributed by atoms with Crippen LogP contribution in [0, 0.1) is 17.2 Å². The first kappa shape index (κ1) is 15.8. The minimum Gasteiger partial charge on any atom is -0.495 e. The Labute approximate surface area is 126 Å². The number of nitrogens with one attached hydrogen (secondary N) is 1. The van der Waals surface area contributed by atoms with Crippen molar-refractivity contribution in [3.8, 4) is 11.8 Å². The van der Waals surface area contributed by atoms with Crippen LogP contribution < -0.4 is 10.1 Å². The average Bonchev–Trinajstić information content (AvgIpc) is 2.52. The van der Waals surface area contributed by atoms with Gasteiger partial charge in [-0.2, -0.15) is 5.26 Å². The van der Waals surface area contributed by atoms with Gasteiger partial charge in [-0.1, -0.05) is 25.8 Å². The second kappa shape index (κ2) is 6.93. The summed E-state index contributed by atoms with van der Waals surface area (Å²) in [5, 5.41) is 22.3. The van der Waals surface area contributed by atoms with E-state index in [1.807, 2.05) is 12.1 Å². The van der Waals surface area contributed by atoms with E-state index in [0.717, 1.165) is 24.8 Å². The highest BCUT2D eigenvalue weighted by Crippen LogP contribution is 2.32. The number of rotatable bonds is 5. The predicted molar refractivity (Wildman–Crippen MR) is 82.0 cm³/mol. The van der Waals surface area contributed by atoms with Crippen molar-refractivity contribution in [2.45, 2.75) is 44.7 Å². The van der Waals surface area contributed by atoms with Gasteiger partial charge in [0.1, 0.15) is 11.8 Å². The molecule has 2 rings (SSSR count). The quantitative estimate of drug-likeness (QED) is 0.874. The van der Waals surface area contributed by atoms with Crippen molar-refractivity contribution in [1.29, 1.82) is 5.26 Å². The maximum Gasteiger partial charge on any atom is 0.136 e. The fourth-order valence-corrected chi connectivity index (χ4v) is 3.25. The molecule has 1 aromatic rings. The maximum absolute atomic E-state index is 9.79. The van der Waals surface area contributed by atoms with Gasteiger partial charge in [0.25, 0.3) is 0 Å².